The van der Waals surface area contributed by atoms with Crippen LogP contribution in [-0.2, 0) is 34.9 Å². The maximum absolute atomic E-state index is 12.7. The van der Waals surface area contributed by atoms with Gasteiger partial charge in [0.2, 0.25) is 0 Å². The molecule has 12 heteroatoms. The molecule has 0 aliphatic rings. The molecular formula is C29H45NO11. The lowest BCUT2D eigenvalue weighted by atomic mass is 9.88. The summed E-state index contributed by atoms with van der Waals surface area (Å²) in [7, 11) is 1.18. The lowest BCUT2D eigenvalue weighted by molar-refractivity contribution is -0.147. The first-order valence-corrected chi connectivity index (χ1v) is 13.6. The van der Waals surface area contributed by atoms with Gasteiger partial charge in [0.1, 0.15) is 22.8 Å². The van der Waals surface area contributed by atoms with Crippen molar-refractivity contribution in [1.82, 2.24) is 0 Å². The lowest BCUT2D eigenvalue weighted by Crippen LogP contribution is -2.51. The Morgan fingerprint density at radius 1 is 0.854 bits per heavy atom. The quantitative estimate of drug-likeness (QED) is 0.158. The van der Waals surface area contributed by atoms with Crippen molar-refractivity contribution >= 4 is 24.4 Å². The number of hydrogen-bond donors (Lipinski definition) is 1. The van der Waals surface area contributed by atoms with E-state index in [0.717, 1.165) is 0 Å². The number of hydrogen-bond acceptors (Lipinski definition) is 12. The van der Waals surface area contributed by atoms with Crippen molar-refractivity contribution in [3.8, 4) is 11.5 Å². The first kappa shape index (κ1) is 35.5. The number of esters is 1. The van der Waals surface area contributed by atoms with Crippen LogP contribution < -0.4 is 15.2 Å². The third-order valence-corrected chi connectivity index (χ3v) is 6.57. The van der Waals surface area contributed by atoms with E-state index in [0.29, 0.717) is 24.8 Å². The molecule has 232 valence electrons. The summed E-state index contributed by atoms with van der Waals surface area (Å²) >= 11 is 0. The number of ether oxygens (including phenoxy) is 7. The number of benzene rings is 1. The standard InChI is InChI=1S/C29H45NO11/c1-10-19(4)37-24(32)36-16-15-29(30,23(31)35-9)18-20-13-14-21(38-25(33)40-27(5,6)11-2)22(17-20)39-26(34)41-28(7,8)12-3/h13-14,17,19H,10-12,15-16,18,30H2,1-9H3/t19-,29+/m0/s1. The van der Waals surface area contributed by atoms with Crippen LogP contribution in [0.1, 0.15) is 86.6 Å². The normalized spacial score (nSPS) is 13.7. The molecule has 0 bridgehead atoms. The van der Waals surface area contributed by atoms with Crippen molar-refractivity contribution in [1.29, 1.82) is 0 Å². The second-order valence-electron chi connectivity index (χ2n) is 10.9. The van der Waals surface area contributed by atoms with Gasteiger partial charge in [-0.1, -0.05) is 26.8 Å². The molecule has 0 aliphatic heterocycles. The monoisotopic (exact) mass is 583 g/mol. The Kier molecular flexibility index (Phi) is 13.4. The van der Waals surface area contributed by atoms with Gasteiger partial charge >= 0.3 is 24.4 Å². The molecule has 2 atom stereocenters. The summed E-state index contributed by atoms with van der Waals surface area (Å²) in [6, 6.07) is 4.29. The van der Waals surface area contributed by atoms with E-state index in [2.05, 4.69) is 0 Å². The van der Waals surface area contributed by atoms with E-state index in [9.17, 15) is 19.2 Å². The maximum Gasteiger partial charge on any atom is 0.514 e. The van der Waals surface area contributed by atoms with Crippen LogP contribution in [0.3, 0.4) is 0 Å². The minimum atomic E-state index is -1.63. The summed E-state index contributed by atoms with van der Waals surface area (Å²) < 4.78 is 36.5. The fourth-order valence-electron chi connectivity index (χ4n) is 3.07. The Labute approximate surface area is 242 Å². The molecule has 0 saturated carbocycles. The highest BCUT2D eigenvalue weighted by Gasteiger charge is 2.36. The predicted octanol–water partition coefficient (Wildman–Crippen LogP) is 5.85. The molecule has 0 saturated heterocycles. The summed E-state index contributed by atoms with van der Waals surface area (Å²) in [5, 5.41) is 0. The second-order valence-corrected chi connectivity index (χ2v) is 10.9. The van der Waals surface area contributed by atoms with Gasteiger partial charge in [0.05, 0.1) is 13.7 Å². The lowest BCUT2D eigenvalue weighted by Gasteiger charge is -2.27. The Morgan fingerprint density at radius 2 is 1.39 bits per heavy atom. The predicted molar refractivity (Wildman–Crippen MR) is 149 cm³/mol. The van der Waals surface area contributed by atoms with Gasteiger partial charge in [-0.2, -0.15) is 0 Å². The van der Waals surface area contributed by atoms with E-state index < -0.39 is 41.2 Å². The van der Waals surface area contributed by atoms with Crippen LogP contribution in [0, 0.1) is 0 Å². The van der Waals surface area contributed by atoms with Gasteiger partial charge in [-0.3, -0.25) is 4.79 Å². The third-order valence-electron chi connectivity index (χ3n) is 6.57. The van der Waals surface area contributed by atoms with Crippen molar-refractivity contribution in [2.45, 2.75) is 110 Å². The van der Waals surface area contributed by atoms with Crippen LogP contribution in [0.5, 0.6) is 11.5 Å². The van der Waals surface area contributed by atoms with E-state index >= 15 is 0 Å². The highest BCUT2D eigenvalue weighted by molar-refractivity contribution is 5.81. The number of carbonyl (C=O) groups is 4. The SMILES string of the molecule is CC[C@H](C)OC(=O)OCC[C@@](N)(Cc1ccc(OC(=O)OC(C)(C)CC)c(OC(=O)OC(C)(C)CC)c1)C(=O)OC. The van der Waals surface area contributed by atoms with E-state index in [1.54, 1.807) is 34.6 Å². The highest BCUT2D eigenvalue weighted by atomic mass is 16.8. The molecule has 0 unspecified atom stereocenters. The van der Waals surface area contributed by atoms with Crippen molar-refractivity contribution in [2.24, 2.45) is 5.73 Å². The molecule has 1 aromatic carbocycles. The second kappa shape index (κ2) is 15.5. The molecule has 0 aromatic heterocycles. The fourth-order valence-corrected chi connectivity index (χ4v) is 3.07. The molecule has 0 amide bonds. The fraction of sp³-hybridized carbons (Fsp3) is 0.655. The van der Waals surface area contributed by atoms with Crippen LogP contribution >= 0.6 is 0 Å². The average molecular weight is 584 g/mol. The van der Waals surface area contributed by atoms with Gasteiger partial charge in [-0.25, -0.2) is 14.4 Å². The van der Waals surface area contributed by atoms with Gasteiger partial charge in [0.15, 0.2) is 11.5 Å². The van der Waals surface area contributed by atoms with Gasteiger partial charge in [-0.15, -0.1) is 0 Å². The zero-order valence-electron chi connectivity index (χ0n) is 25.6. The van der Waals surface area contributed by atoms with Crippen molar-refractivity contribution in [3.05, 3.63) is 23.8 Å². The third kappa shape index (κ3) is 12.2. The molecule has 2 N–H and O–H groups in total. The summed E-state index contributed by atoms with van der Waals surface area (Å²) in [6.07, 6.45) is -1.78. The van der Waals surface area contributed by atoms with Gasteiger partial charge in [0, 0.05) is 12.8 Å². The van der Waals surface area contributed by atoms with Crippen molar-refractivity contribution in [2.75, 3.05) is 13.7 Å². The molecular weight excluding hydrogens is 538 g/mol. The largest absolute Gasteiger partial charge is 0.514 e. The molecule has 1 aromatic rings. The topological polar surface area (TPSA) is 159 Å². The van der Waals surface area contributed by atoms with Crippen LogP contribution in [0.4, 0.5) is 14.4 Å². The molecule has 1 rings (SSSR count). The number of methoxy groups -OCH3 is 1. The highest BCUT2D eigenvalue weighted by Crippen LogP contribution is 2.32. The van der Waals surface area contributed by atoms with Gasteiger partial charge < -0.3 is 38.9 Å². The minimum Gasteiger partial charge on any atom is -0.468 e. The van der Waals surface area contributed by atoms with Crippen LogP contribution in [0.15, 0.2) is 18.2 Å². The maximum atomic E-state index is 12.7. The summed E-state index contributed by atoms with van der Waals surface area (Å²) in [5.41, 5.74) is 3.61. The van der Waals surface area contributed by atoms with E-state index in [1.165, 1.54) is 25.3 Å². The zero-order valence-corrected chi connectivity index (χ0v) is 25.6. The molecule has 0 spiro atoms. The molecule has 41 heavy (non-hydrogen) atoms. The number of rotatable bonds is 14. The first-order chi connectivity index (χ1) is 19.0. The summed E-state index contributed by atoms with van der Waals surface area (Å²) in [6.45, 7) is 13.9. The van der Waals surface area contributed by atoms with E-state index in [1.807, 2.05) is 20.8 Å². The number of nitrogens with two attached hydrogens (primary N) is 1. The molecule has 0 aliphatic carbocycles. The van der Waals surface area contributed by atoms with Gasteiger partial charge in [-0.05, 0) is 71.6 Å². The Hall–Kier alpha value is -3.54. The Bertz CT molecular complexity index is 1050. The number of carbonyl (C=O) groups excluding carboxylic acids is 4. The van der Waals surface area contributed by atoms with E-state index in [4.69, 9.17) is 38.9 Å². The van der Waals surface area contributed by atoms with Crippen LogP contribution in [0.25, 0.3) is 0 Å². The molecule has 0 fully saturated rings. The van der Waals surface area contributed by atoms with Crippen LogP contribution in [0.2, 0.25) is 0 Å². The Balaban J connectivity index is 3.24. The molecule has 12 nitrogen and oxygen atoms in total. The van der Waals surface area contributed by atoms with Crippen molar-refractivity contribution in [3.63, 3.8) is 0 Å². The Morgan fingerprint density at radius 3 is 1.88 bits per heavy atom. The van der Waals surface area contributed by atoms with Crippen molar-refractivity contribution < 1.29 is 52.3 Å². The molecule has 0 radical (unpaired) electrons. The molecule has 0 heterocycles. The summed E-state index contributed by atoms with van der Waals surface area (Å²) in [5.74, 6) is -1.03. The average Bonchev–Trinajstić information content (AvgIpc) is 2.88. The minimum absolute atomic E-state index is 0.102. The smallest absolute Gasteiger partial charge is 0.468 e. The summed E-state index contributed by atoms with van der Waals surface area (Å²) in [4.78, 5) is 49.6. The van der Waals surface area contributed by atoms with E-state index in [-0.39, 0.29) is 37.1 Å². The van der Waals surface area contributed by atoms with Gasteiger partial charge in [0.25, 0.3) is 0 Å². The first-order valence-electron chi connectivity index (χ1n) is 13.6. The van der Waals surface area contributed by atoms with Crippen LogP contribution in [-0.4, -0.2) is 61.0 Å². The zero-order chi connectivity index (χ0) is 31.4.